The second-order valence-electron chi connectivity index (χ2n) is 3.58. The van der Waals surface area contributed by atoms with Gasteiger partial charge < -0.3 is 9.26 Å². The largest absolute Gasteiger partial charge is 0.477 e. The molecule has 0 radical (unpaired) electrons. The molecule has 0 saturated carbocycles. The van der Waals surface area contributed by atoms with Crippen molar-refractivity contribution in [1.82, 2.24) is 14.9 Å². The minimum atomic E-state index is -0.317. The zero-order valence-corrected chi connectivity index (χ0v) is 10.3. The fourth-order valence-electron chi connectivity index (χ4n) is 1.35. The first kappa shape index (κ1) is 12.1. The first-order chi connectivity index (χ1) is 8.61. The van der Waals surface area contributed by atoms with Gasteiger partial charge in [0.25, 0.3) is 5.56 Å². The van der Waals surface area contributed by atoms with Gasteiger partial charge in [-0.1, -0.05) is 5.16 Å². The Morgan fingerprint density at radius 1 is 1.56 bits per heavy atom. The van der Waals surface area contributed by atoms with E-state index in [1.165, 1.54) is 4.68 Å². The molecule has 0 bridgehead atoms. The summed E-state index contributed by atoms with van der Waals surface area (Å²) in [5.74, 6) is 1.21. The molecule has 0 atom stereocenters. The molecule has 0 unspecified atom stereocenters. The van der Waals surface area contributed by atoms with E-state index in [-0.39, 0.29) is 17.1 Å². The maximum absolute atomic E-state index is 11.7. The summed E-state index contributed by atoms with van der Waals surface area (Å²) in [6.45, 7) is 3.98. The molecule has 1 N–H and O–H groups in total. The number of aromatic amines is 1. The van der Waals surface area contributed by atoms with Gasteiger partial charge in [-0.3, -0.25) is 14.6 Å². The summed E-state index contributed by atoms with van der Waals surface area (Å²) in [7, 11) is 1.57. The molecule has 18 heavy (non-hydrogen) atoms. The summed E-state index contributed by atoms with van der Waals surface area (Å²) in [6, 6.07) is 1.61. The maximum atomic E-state index is 11.7. The summed E-state index contributed by atoms with van der Waals surface area (Å²) in [4.78, 5) is 11.7. The van der Waals surface area contributed by atoms with Crippen LogP contribution in [0.15, 0.2) is 25.6 Å². The Balaban J connectivity index is 2.33. The van der Waals surface area contributed by atoms with Crippen molar-refractivity contribution in [1.29, 1.82) is 0 Å². The van der Waals surface area contributed by atoms with Gasteiger partial charge >= 0.3 is 0 Å². The van der Waals surface area contributed by atoms with Crippen LogP contribution in [0.2, 0.25) is 0 Å². The van der Waals surface area contributed by atoms with Gasteiger partial charge in [-0.2, -0.15) is 0 Å². The summed E-state index contributed by atoms with van der Waals surface area (Å²) in [6.07, 6.45) is 0. The lowest BCUT2D eigenvalue weighted by Crippen LogP contribution is -2.10. The van der Waals surface area contributed by atoms with Crippen LogP contribution in [0, 0.1) is 6.92 Å². The number of rotatable bonds is 4. The normalized spacial score (nSPS) is 11.3. The molecule has 2 heterocycles. The van der Waals surface area contributed by atoms with Gasteiger partial charge in [-0.15, -0.1) is 10.2 Å². The zero-order valence-electron chi connectivity index (χ0n) is 10.3. The molecule has 2 aromatic rings. The van der Waals surface area contributed by atoms with E-state index in [4.69, 9.17) is 9.26 Å². The predicted octanol–water partition coefficient (Wildman–Crippen LogP) is 1.82. The molecule has 8 nitrogen and oxygen atoms in total. The number of ether oxygens (including phenoxy) is 1. The summed E-state index contributed by atoms with van der Waals surface area (Å²) in [5.41, 5.74) is -0.206. The topological polar surface area (TPSA) is 97.8 Å². The fourth-order valence-corrected chi connectivity index (χ4v) is 1.35. The lowest BCUT2D eigenvalue weighted by Gasteiger charge is -1.97. The molecule has 2 aromatic heterocycles. The first-order valence-corrected chi connectivity index (χ1v) is 5.38. The van der Waals surface area contributed by atoms with Crippen LogP contribution in [-0.4, -0.2) is 21.5 Å². The summed E-state index contributed by atoms with van der Waals surface area (Å²) in [5, 5.41) is 14.1. The van der Waals surface area contributed by atoms with Gasteiger partial charge in [-0.05, 0) is 13.8 Å². The predicted molar refractivity (Wildman–Crippen MR) is 62.6 cm³/mol. The van der Waals surface area contributed by atoms with Crippen LogP contribution in [0.5, 0.6) is 5.88 Å². The van der Waals surface area contributed by atoms with Gasteiger partial charge in [0.05, 0.1) is 6.61 Å². The number of aromatic nitrogens is 3. The number of H-pyrrole nitrogens is 1. The molecular formula is C10H13N5O3. The highest BCUT2D eigenvalue weighted by Gasteiger charge is 2.13. The Morgan fingerprint density at radius 3 is 2.94 bits per heavy atom. The molecule has 0 aliphatic carbocycles. The Morgan fingerprint density at radius 2 is 2.33 bits per heavy atom. The summed E-state index contributed by atoms with van der Waals surface area (Å²) < 4.78 is 11.4. The van der Waals surface area contributed by atoms with Crippen LogP contribution in [-0.2, 0) is 7.05 Å². The number of hydrogen-bond acceptors (Lipinski definition) is 6. The van der Waals surface area contributed by atoms with E-state index in [0.717, 1.165) is 0 Å². The van der Waals surface area contributed by atoms with E-state index in [1.807, 2.05) is 6.92 Å². The van der Waals surface area contributed by atoms with Crippen LogP contribution in [0.3, 0.4) is 0 Å². The van der Waals surface area contributed by atoms with Crippen molar-refractivity contribution in [3.8, 4) is 5.88 Å². The molecule has 0 aliphatic rings. The van der Waals surface area contributed by atoms with E-state index < -0.39 is 0 Å². The maximum Gasteiger partial charge on any atom is 0.298 e. The Bertz CT molecular complexity index is 622. The highest BCUT2D eigenvalue weighted by atomic mass is 16.5. The molecule has 0 saturated heterocycles. The third-order valence-electron chi connectivity index (χ3n) is 2.15. The molecule has 0 amide bonds. The van der Waals surface area contributed by atoms with Crippen molar-refractivity contribution >= 4 is 11.5 Å². The van der Waals surface area contributed by atoms with E-state index in [9.17, 15) is 4.79 Å². The third kappa shape index (κ3) is 2.31. The average molecular weight is 251 g/mol. The van der Waals surface area contributed by atoms with E-state index in [1.54, 1.807) is 20.0 Å². The lowest BCUT2D eigenvalue weighted by molar-refractivity contribution is 0.324. The van der Waals surface area contributed by atoms with E-state index >= 15 is 0 Å². The van der Waals surface area contributed by atoms with E-state index in [0.29, 0.717) is 18.2 Å². The summed E-state index contributed by atoms with van der Waals surface area (Å²) >= 11 is 0. The third-order valence-corrected chi connectivity index (χ3v) is 2.15. The highest BCUT2D eigenvalue weighted by molar-refractivity contribution is 5.45. The number of aryl methyl sites for hydroxylation is 2. The molecule has 0 aliphatic heterocycles. The SMILES string of the molecule is CCOc1[nH]n(C)c(=O)c1N=Nc1cc(C)on1. The minimum absolute atomic E-state index is 0.111. The van der Waals surface area contributed by atoms with Crippen LogP contribution >= 0.6 is 0 Å². The molecule has 0 aromatic carbocycles. The number of hydrogen-bond donors (Lipinski definition) is 1. The van der Waals surface area contributed by atoms with Crippen molar-refractivity contribution in [3.05, 3.63) is 22.2 Å². The first-order valence-electron chi connectivity index (χ1n) is 5.38. The molecular weight excluding hydrogens is 238 g/mol. The molecule has 0 spiro atoms. The monoisotopic (exact) mass is 251 g/mol. The van der Waals surface area contributed by atoms with Gasteiger partial charge in [0.1, 0.15) is 5.76 Å². The minimum Gasteiger partial charge on any atom is -0.477 e. The van der Waals surface area contributed by atoms with Crippen molar-refractivity contribution in [2.24, 2.45) is 17.3 Å². The number of nitrogens with zero attached hydrogens (tertiary/aromatic N) is 4. The van der Waals surface area contributed by atoms with Crippen molar-refractivity contribution in [2.75, 3.05) is 6.61 Å². The standard InChI is InChI=1S/C10H13N5O3/c1-4-17-9-8(10(16)15(3)13-9)12-11-7-5-6(2)18-14-7/h5,13H,4H2,1-3H3. The Labute approximate surface area is 102 Å². The van der Waals surface area contributed by atoms with Crippen LogP contribution < -0.4 is 10.3 Å². The van der Waals surface area contributed by atoms with E-state index in [2.05, 4.69) is 20.5 Å². The van der Waals surface area contributed by atoms with Crippen molar-refractivity contribution in [3.63, 3.8) is 0 Å². The van der Waals surface area contributed by atoms with Crippen molar-refractivity contribution in [2.45, 2.75) is 13.8 Å². The van der Waals surface area contributed by atoms with Gasteiger partial charge in [0.15, 0.2) is 0 Å². The van der Waals surface area contributed by atoms with Crippen LogP contribution in [0.1, 0.15) is 12.7 Å². The smallest absolute Gasteiger partial charge is 0.298 e. The molecule has 0 fully saturated rings. The van der Waals surface area contributed by atoms with Crippen LogP contribution in [0.4, 0.5) is 11.5 Å². The van der Waals surface area contributed by atoms with Gasteiger partial charge in [0.2, 0.25) is 17.4 Å². The number of nitrogens with one attached hydrogen (secondary N) is 1. The lowest BCUT2D eigenvalue weighted by atomic mass is 10.5. The van der Waals surface area contributed by atoms with Crippen molar-refractivity contribution < 1.29 is 9.26 Å². The molecule has 96 valence electrons. The Kier molecular flexibility index (Phi) is 3.26. The van der Waals surface area contributed by atoms with Gasteiger partial charge in [-0.25, -0.2) is 0 Å². The fraction of sp³-hybridized carbons (Fsp3) is 0.400. The second kappa shape index (κ2) is 4.86. The van der Waals surface area contributed by atoms with Crippen LogP contribution in [0.25, 0.3) is 0 Å². The number of azo groups is 1. The molecule has 8 heteroatoms. The quantitative estimate of drug-likeness (QED) is 0.838. The van der Waals surface area contributed by atoms with Gasteiger partial charge in [0, 0.05) is 13.1 Å². The average Bonchev–Trinajstić information content (AvgIpc) is 2.84. The zero-order chi connectivity index (χ0) is 13.1. The molecule has 2 rings (SSSR count). The highest BCUT2D eigenvalue weighted by Crippen LogP contribution is 2.23. The Hall–Kier alpha value is -2.38. The second-order valence-corrected chi connectivity index (χ2v) is 3.58.